The topological polar surface area (TPSA) is 9.72 Å². The maximum Gasteiger partial charge on any atom is 0.0559 e. The highest BCUT2D eigenvalue weighted by Crippen LogP contribution is 2.42. The number of fused-ring (bicyclic) bond motifs is 2. The number of hydrogen-bond acceptors (Lipinski definition) is 3. The zero-order chi connectivity index (χ0) is 43.4. The third-order valence-corrected chi connectivity index (χ3v) is 12.5. The highest BCUT2D eigenvalue weighted by Gasteiger charge is 2.21. The maximum absolute atomic E-state index is 2.46. The van der Waals surface area contributed by atoms with Crippen molar-refractivity contribution in [2.75, 3.05) is 14.7 Å². The number of benzene rings is 10. The number of nitrogens with zero attached hydrogens (tertiary/aromatic N) is 3. The number of para-hydroxylation sites is 2. The first-order chi connectivity index (χ1) is 32.2. The molecule has 1 unspecified atom stereocenters. The number of allylic oxidation sites excluding steroid dienone is 2. The molecule has 11 rings (SSSR count). The minimum absolute atomic E-state index is 0.200. The molecule has 1 atom stereocenters. The summed E-state index contributed by atoms with van der Waals surface area (Å²) < 4.78 is 0. The average molecular weight is 834 g/mol. The maximum atomic E-state index is 2.46. The Labute approximate surface area is 381 Å². The molecule has 3 nitrogen and oxygen atoms in total. The molecule has 3 heteroatoms. The SMILES string of the molecule is C1=CCC(N(c2ccc(-c3ccc(N(c4ccccc4)c4cccc5ccccc45)cc3)cc2)c2ccc(-c3ccc(N(c4ccccc4)c4cccc5ccccc45)cc3)cc2)C=C1. The Hall–Kier alpha value is -8.40. The molecule has 0 heterocycles. The van der Waals surface area contributed by atoms with Gasteiger partial charge in [-0.3, -0.25) is 0 Å². The molecule has 0 aromatic heterocycles. The van der Waals surface area contributed by atoms with Crippen molar-refractivity contribution in [2.24, 2.45) is 0 Å². The fourth-order valence-corrected chi connectivity index (χ4v) is 9.34. The average Bonchev–Trinajstić information content (AvgIpc) is 3.39. The van der Waals surface area contributed by atoms with Crippen molar-refractivity contribution >= 4 is 67.0 Å². The van der Waals surface area contributed by atoms with Crippen molar-refractivity contribution in [2.45, 2.75) is 12.5 Å². The molecule has 0 N–H and O–H groups in total. The minimum atomic E-state index is 0.200. The van der Waals surface area contributed by atoms with Gasteiger partial charge in [0.2, 0.25) is 0 Å². The second-order valence-corrected chi connectivity index (χ2v) is 16.5. The lowest BCUT2D eigenvalue weighted by molar-refractivity contribution is 0.785. The van der Waals surface area contributed by atoms with E-state index < -0.39 is 0 Å². The van der Waals surface area contributed by atoms with Crippen molar-refractivity contribution in [3.8, 4) is 22.3 Å². The molecule has 310 valence electrons. The van der Waals surface area contributed by atoms with Gasteiger partial charge in [-0.25, -0.2) is 0 Å². The molecule has 0 bridgehead atoms. The molecule has 0 saturated carbocycles. The molecule has 65 heavy (non-hydrogen) atoms. The lowest BCUT2D eigenvalue weighted by atomic mass is 10.0. The molecule has 0 aliphatic heterocycles. The van der Waals surface area contributed by atoms with Gasteiger partial charge in [0.1, 0.15) is 0 Å². The third kappa shape index (κ3) is 7.97. The van der Waals surface area contributed by atoms with Gasteiger partial charge in [0.05, 0.1) is 17.4 Å². The quantitative estimate of drug-likeness (QED) is 0.129. The summed E-state index contributed by atoms with van der Waals surface area (Å²) in [6.07, 6.45) is 9.82. The largest absolute Gasteiger partial charge is 0.334 e. The van der Waals surface area contributed by atoms with Crippen LogP contribution in [0.3, 0.4) is 0 Å². The Bertz CT molecular complexity index is 3040. The normalized spacial score (nSPS) is 13.2. The lowest BCUT2D eigenvalue weighted by Gasteiger charge is -2.33. The van der Waals surface area contributed by atoms with Gasteiger partial charge in [0.25, 0.3) is 0 Å². The lowest BCUT2D eigenvalue weighted by Crippen LogP contribution is -2.29. The highest BCUT2D eigenvalue weighted by atomic mass is 15.2. The zero-order valence-corrected chi connectivity index (χ0v) is 36.0. The first-order valence-electron chi connectivity index (χ1n) is 22.4. The summed E-state index contributed by atoms with van der Waals surface area (Å²) in [6, 6.07) is 87.8. The van der Waals surface area contributed by atoms with Crippen LogP contribution >= 0.6 is 0 Å². The predicted octanol–water partition coefficient (Wildman–Crippen LogP) is 17.3. The molecule has 1 aliphatic rings. The second kappa shape index (κ2) is 17.8. The Morgan fingerprint density at radius 3 is 1.05 bits per heavy atom. The summed E-state index contributed by atoms with van der Waals surface area (Å²) in [6.45, 7) is 0. The fraction of sp³-hybridized carbons (Fsp3) is 0.0323. The van der Waals surface area contributed by atoms with Crippen molar-refractivity contribution in [1.29, 1.82) is 0 Å². The molecular weight excluding hydrogens is 787 g/mol. The van der Waals surface area contributed by atoms with Crippen LogP contribution in [0.2, 0.25) is 0 Å². The van der Waals surface area contributed by atoms with Crippen LogP contribution in [0.4, 0.5) is 45.5 Å². The van der Waals surface area contributed by atoms with Gasteiger partial charge in [-0.2, -0.15) is 0 Å². The second-order valence-electron chi connectivity index (χ2n) is 16.5. The summed E-state index contributed by atoms with van der Waals surface area (Å²) in [7, 11) is 0. The van der Waals surface area contributed by atoms with Crippen LogP contribution in [-0.2, 0) is 0 Å². The van der Waals surface area contributed by atoms with Crippen molar-refractivity contribution in [1.82, 2.24) is 0 Å². The van der Waals surface area contributed by atoms with Crippen molar-refractivity contribution in [3.63, 3.8) is 0 Å². The van der Waals surface area contributed by atoms with E-state index in [9.17, 15) is 0 Å². The smallest absolute Gasteiger partial charge is 0.0559 e. The fourth-order valence-electron chi connectivity index (χ4n) is 9.34. The Balaban J connectivity index is 0.865. The van der Waals surface area contributed by atoms with Crippen LogP contribution in [0.5, 0.6) is 0 Å². The number of anilines is 8. The molecule has 0 fully saturated rings. The van der Waals surface area contributed by atoms with E-state index in [0.29, 0.717) is 0 Å². The van der Waals surface area contributed by atoms with Crippen LogP contribution < -0.4 is 14.7 Å². The van der Waals surface area contributed by atoms with E-state index in [0.717, 1.165) is 51.9 Å². The third-order valence-electron chi connectivity index (χ3n) is 12.5. The van der Waals surface area contributed by atoms with Crippen LogP contribution in [0.15, 0.2) is 267 Å². The monoisotopic (exact) mass is 833 g/mol. The van der Waals surface area contributed by atoms with Crippen LogP contribution in [0.25, 0.3) is 43.8 Å². The Morgan fingerprint density at radius 2 is 0.646 bits per heavy atom. The van der Waals surface area contributed by atoms with E-state index >= 15 is 0 Å². The molecule has 0 saturated heterocycles. The first kappa shape index (κ1) is 39.4. The van der Waals surface area contributed by atoms with Gasteiger partial charge >= 0.3 is 0 Å². The molecular formula is C62H47N3. The first-order valence-corrected chi connectivity index (χ1v) is 22.4. The van der Waals surface area contributed by atoms with Gasteiger partial charge in [-0.1, -0.05) is 182 Å². The van der Waals surface area contributed by atoms with Crippen LogP contribution in [0.1, 0.15) is 6.42 Å². The molecule has 0 radical (unpaired) electrons. The summed E-state index contributed by atoms with van der Waals surface area (Å²) in [4.78, 5) is 7.17. The molecule has 10 aromatic carbocycles. The van der Waals surface area contributed by atoms with Gasteiger partial charge in [0, 0.05) is 44.9 Å². The van der Waals surface area contributed by atoms with Gasteiger partial charge in [-0.15, -0.1) is 0 Å². The predicted molar refractivity (Wildman–Crippen MR) is 277 cm³/mol. The summed E-state index contributed by atoms with van der Waals surface area (Å²) in [5.41, 5.74) is 13.8. The summed E-state index contributed by atoms with van der Waals surface area (Å²) >= 11 is 0. The number of hydrogen-bond donors (Lipinski definition) is 0. The summed E-state index contributed by atoms with van der Waals surface area (Å²) in [5, 5.41) is 4.89. The van der Waals surface area contributed by atoms with E-state index in [1.807, 2.05) is 0 Å². The van der Waals surface area contributed by atoms with Crippen LogP contribution in [-0.4, -0.2) is 6.04 Å². The van der Waals surface area contributed by atoms with E-state index in [1.165, 1.54) is 43.8 Å². The van der Waals surface area contributed by atoms with E-state index in [-0.39, 0.29) is 6.04 Å². The van der Waals surface area contributed by atoms with Crippen molar-refractivity contribution in [3.05, 3.63) is 267 Å². The minimum Gasteiger partial charge on any atom is -0.334 e. The molecule has 10 aromatic rings. The van der Waals surface area contributed by atoms with Gasteiger partial charge in [-0.05, 0) is 124 Å². The van der Waals surface area contributed by atoms with Crippen molar-refractivity contribution < 1.29 is 0 Å². The number of rotatable bonds is 11. The molecule has 1 aliphatic carbocycles. The molecule has 0 spiro atoms. The van der Waals surface area contributed by atoms with E-state index in [4.69, 9.17) is 0 Å². The Morgan fingerprint density at radius 1 is 0.292 bits per heavy atom. The van der Waals surface area contributed by atoms with Gasteiger partial charge in [0.15, 0.2) is 0 Å². The molecule has 0 amide bonds. The summed E-state index contributed by atoms with van der Waals surface area (Å²) in [5.74, 6) is 0. The van der Waals surface area contributed by atoms with E-state index in [2.05, 4.69) is 282 Å². The standard InChI is InChI=1S/C62H47N3/c1-4-20-52(21-5-1)63(55-38-30-46(31-39-55)48-34-42-57(43-35-48)64(53-22-6-2-7-23-53)61-28-14-18-50-16-10-12-26-59(50)61)56-40-32-47(33-41-56)49-36-44-58(45-37-49)65(54-24-8-3-9-25-54)62-29-15-19-51-17-11-13-27-60(51)62/h1-20,22-45,52H,21H2. The highest BCUT2D eigenvalue weighted by molar-refractivity contribution is 6.00. The van der Waals surface area contributed by atoms with Gasteiger partial charge < -0.3 is 14.7 Å². The zero-order valence-electron chi connectivity index (χ0n) is 36.0. The van der Waals surface area contributed by atoms with Crippen LogP contribution in [0, 0.1) is 0 Å². The van der Waals surface area contributed by atoms with E-state index in [1.54, 1.807) is 0 Å². The Kier molecular flexibility index (Phi) is 10.8.